The molecule has 0 saturated carbocycles. The van der Waals surface area contributed by atoms with E-state index in [1.807, 2.05) is 25.1 Å². The van der Waals surface area contributed by atoms with E-state index in [1.165, 1.54) is 7.11 Å². The topological polar surface area (TPSA) is 45.3 Å². The Morgan fingerprint density at radius 2 is 2.31 bits per heavy atom. The maximum Gasteiger partial charge on any atom is 0.327 e. The highest BCUT2D eigenvalue weighted by molar-refractivity contribution is 5.77. The second kappa shape index (κ2) is 4.09. The lowest BCUT2D eigenvalue weighted by atomic mass is 10.1. The molecule has 4 heteroatoms. The summed E-state index contributed by atoms with van der Waals surface area (Å²) in [6, 6.07) is 1.54. The molecule has 13 heavy (non-hydrogen) atoms. The van der Waals surface area contributed by atoms with Gasteiger partial charge in [-0.3, -0.25) is 4.90 Å². The molecule has 4 nitrogen and oxygen atoms in total. The number of carbonyl (C=O) groups is 1. The first kappa shape index (κ1) is 9.80. The lowest BCUT2D eigenvalue weighted by Gasteiger charge is -2.20. The molecule has 0 aliphatic heterocycles. The van der Waals surface area contributed by atoms with Crippen LogP contribution in [0.1, 0.15) is 11.6 Å². The highest BCUT2D eigenvalue weighted by atomic mass is 16.5. The molecule has 1 unspecified atom stereocenters. The summed E-state index contributed by atoms with van der Waals surface area (Å²) < 4.78 is 4.70. The fraction of sp³-hybridized carbons (Fsp3) is 0.444. The Hall–Kier alpha value is -1.29. The van der Waals surface area contributed by atoms with Gasteiger partial charge in [0, 0.05) is 12.4 Å². The van der Waals surface area contributed by atoms with Gasteiger partial charge in [0.2, 0.25) is 0 Å². The maximum atomic E-state index is 11.4. The van der Waals surface area contributed by atoms with Gasteiger partial charge < -0.3 is 9.72 Å². The van der Waals surface area contributed by atoms with Crippen LogP contribution in [0.3, 0.4) is 0 Å². The quantitative estimate of drug-likeness (QED) is 0.703. The molecule has 72 valence electrons. The maximum absolute atomic E-state index is 11.4. The number of H-pyrrole nitrogens is 1. The van der Waals surface area contributed by atoms with Crippen LogP contribution in [0, 0.1) is 0 Å². The van der Waals surface area contributed by atoms with Crippen LogP contribution in [0.15, 0.2) is 18.5 Å². The van der Waals surface area contributed by atoms with E-state index in [-0.39, 0.29) is 12.0 Å². The van der Waals surface area contributed by atoms with Gasteiger partial charge in [-0.1, -0.05) is 0 Å². The van der Waals surface area contributed by atoms with Gasteiger partial charge in [-0.05, 0) is 25.7 Å². The third-order valence-electron chi connectivity index (χ3n) is 1.88. The molecule has 0 aliphatic rings. The number of aromatic nitrogens is 1. The number of esters is 1. The largest absolute Gasteiger partial charge is 0.468 e. The van der Waals surface area contributed by atoms with E-state index >= 15 is 0 Å². The number of ether oxygens (including phenoxy) is 1. The summed E-state index contributed by atoms with van der Waals surface area (Å²) in [5.74, 6) is -0.246. The summed E-state index contributed by atoms with van der Waals surface area (Å²) in [5, 5.41) is 0. The first-order valence-electron chi connectivity index (χ1n) is 4.03. The van der Waals surface area contributed by atoms with Crippen molar-refractivity contribution < 1.29 is 9.53 Å². The van der Waals surface area contributed by atoms with Crippen LogP contribution in [-0.4, -0.2) is 37.1 Å². The Bertz CT molecular complexity index is 267. The molecule has 0 aromatic carbocycles. The van der Waals surface area contributed by atoms with Gasteiger partial charge in [0.05, 0.1) is 7.11 Å². The van der Waals surface area contributed by atoms with E-state index in [0.717, 1.165) is 5.56 Å². The van der Waals surface area contributed by atoms with Crippen molar-refractivity contribution in [2.75, 3.05) is 21.2 Å². The van der Waals surface area contributed by atoms with Gasteiger partial charge in [0.1, 0.15) is 6.04 Å². The summed E-state index contributed by atoms with van der Waals surface area (Å²) in [6.45, 7) is 0. The van der Waals surface area contributed by atoms with Gasteiger partial charge in [0.15, 0.2) is 0 Å². The van der Waals surface area contributed by atoms with Crippen LogP contribution < -0.4 is 0 Å². The molecule has 1 atom stereocenters. The van der Waals surface area contributed by atoms with E-state index in [2.05, 4.69) is 4.98 Å². The Kier molecular flexibility index (Phi) is 3.08. The molecule has 1 aromatic heterocycles. The number of aromatic amines is 1. The molecule has 0 radical (unpaired) electrons. The number of nitrogens with zero attached hydrogens (tertiary/aromatic N) is 1. The van der Waals surface area contributed by atoms with Crippen molar-refractivity contribution in [1.29, 1.82) is 0 Å². The molecule has 0 saturated heterocycles. The third kappa shape index (κ3) is 2.09. The van der Waals surface area contributed by atoms with E-state index in [0.29, 0.717) is 0 Å². The Balaban J connectivity index is 2.87. The molecule has 0 aliphatic carbocycles. The van der Waals surface area contributed by atoms with Crippen LogP contribution >= 0.6 is 0 Å². The summed E-state index contributed by atoms with van der Waals surface area (Å²) in [7, 11) is 5.08. The van der Waals surface area contributed by atoms with Crippen LogP contribution in [0.25, 0.3) is 0 Å². The van der Waals surface area contributed by atoms with Crippen molar-refractivity contribution in [2.24, 2.45) is 0 Å². The standard InChI is InChI=1S/C9H14N2O2/c1-11(2)8(9(12)13-3)7-4-5-10-6-7/h4-6,8,10H,1-3H3. The zero-order valence-corrected chi connectivity index (χ0v) is 8.07. The highest BCUT2D eigenvalue weighted by Crippen LogP contribution is 2.18. The molecule has 0 amide bonds. The first-order chi connectivity index (χ1) is 6.16. The number of nitrogens with one attached hydrogen (secondary N) is 1. The molecular formula is C9H14N2O2. The van der Waals surface area contributed by atoms with Crippen molar-refractivity contribution >= 4 is 5.97 Å². The second-order valence-electron chi connectivity index (χ2n) is 3.03. The van der Waals surface area contributed by atoms with Gasteiger partial charge in [-0.2, -0.15) is 0 Å². The van der Waals surface area contributed by atoms with Crippen molar-refractivity contribution in [2.45, 2.75) is 6.04 Å². The first-order valence-corrected chi connectivity index (χ1v) is 4.03. The molecular weight excluding hydrogens is 168 g/mol. The highest BCUT2D eigenvalue weighted by Gasteiger charge is 2.23. The molecule has 0 bridgehead atoms. The van der Waals surface area contributed by atoms with E-state index < -0.39 is 0 Å². The summed E-state index contributed by atoms with van der Waals surface area (Å²) in [5.41, 5.74) is 0.914. The lowest BCUT2D eigenvalue weighted by Crippen LogP contribution is -2.28. The fourth-order valence-corrected chi connectivity index (χ4v) is 1.26. The normalized spacial score (nSPS) is 12.9. The Morgan fingerprint density at radius 1 is 1.62 bits per heavy atom. The lowest BCUT2D eigenvalue weighted by molar-refractivity contribution is -0.146. The SMILES string of the molecule is COC(=O)C(c1cc[nH]c1)N(C)C. The Morgan fingerprint density at radius 3 is 2.69 bits per heavy atom. The molecule has 1 N–H and O–H groups in total. The molecule has 0 fully saturated rings. The van der Waals surface area contributed by atoms with Crippen molar-refractivity contribution in [3.63, 3.8) is 0 Å². The fourth-order valence-electron chi connectivity index (χ4n) is 1.26. The van der Waals surface area contributed by atoms with E-state index in [1.54, 1.807) is 12.4 Å². The molecule has 0 spiro atoms. The average molecular weight is 182 g/mol. The van der Waals surface area contributed by atoms with Crippen molar-refractivity contribution in [3.8, 4) is 0 Å². The minimum absolute atomic E-state index is 0.246. The van der Waals surface area contributed by atoms with Crippen LogP contribution in [0.4, 0.5) is 0 Å². The van der Waals surface area contributed by atoms with Crippen LogP contribution in [-0.2, 0) is 9.53 Å². The van der Waals surface area contributed by atoms with E-state index in [9.17, 15) is 4.79 Å². The van der Waals surface area contributed by atoms with Crippen LogP contribution in [0.2, 0.25) is 0 Å². The second-order valence-corrected chi connectivity index (χ2v) is 3.03. The predicted molar refractivity (Wildman–Crippen MR) is 49.2 cm³/mol. The minimum atomic E-state index is -0.323. The average Bonchev–Trinajstić information content (AvgIpc) is 2.56. The zero-order chi connectivity index (χ0) is 9.84. The summed E-state index contributed by atoms with van der Waals surface area (Å²) in [6.07, 6.45) is 3.58. The number of likely N-dealkylation sites (N-methyl/N-ethyl adjacent to an activating group) is 1. The van der Waals surface area contributed by atoms with Gasteiger partial charge >= 0.3 is 5.97 Å². The van der Waals surface area contributed by atoms with Crippen LogP contribution in [0.5, 0.6) is 0 Å². The Labute approximate surface area is 77.5 Å². The monoisotopic (exact) mass is 182 g/mol. The summed E-state index contributed by atoms with van der Waals surface area (Å²) >= 11 is 0. The van der Waals surface area contributed by atoms with Crippen molar-refractivity contribution in [1.82, 2.24) is 9.88 Å². The number of hydrogen-bond acceptors (Lipinski definition) is 3. The molecule has 1 heterocycles. The smallest absolute Gasteiger partial charge is 0.327 e. The van der Waals surface area contributed by atoms with Crippen molar-refractivity contribution in [3.05, 3.63) is 24.0 Å². The number of methoxy groups -OCH3 is 1. The third-order valence-corrected chi connectivity index (χ3v) is 1.88. The van der Waals surface area contributed by atoms with Gasteiger partial charge in [-0.25, -0.2) is 4.79 Å². The minimum Gasteiger partial charge on any atom is -0.468 e. The van der Waals surface area contributed by atoms with E-state index in [4.69, 9.17) is 4.74 Å². The van der Waals surface area contributed by atoms with Gasteiger partial charge in [-0.15, -0.1) is 0 Å². The summed E-state index contributed by atoms with van der Waals surface area (Å²) in [4.78, 5) is 16.1. The predicted octanol–water partition coefficient (Wildman–Crippen LogP) is 0.790. The number of rotatable bonds is 3. The zero-order valence-electron chi connectivity index (χ0n) is 8.07. The molecule has 1 rings (SSSR count). The number of hydrogen-bond donors (Lipinski definition) is 1. The number of carbonyl (C=O) groups excluding carboxylic acids is 1. The van der Waals surface area contributed by atoms with Gasteiger partial charge in [0.25, 0.3) is 0 Å². The molecule has 1 aromatic rings.